The van der Waals surface area contributed by atoms with E-state index in [0.717, 1.165) is 0 Å². The average molecular weight is 262 g/mol. The van der Waals surface area contributed by atoms with E-state index in [0.29, 0.717) is 0 Å². The number of fused-ring (bicyclic) bond motifs is 1. The van der Waals surface area contributed by atoms with Gasteiger partial charge in [-0.05, 0) is 13.8 Å². The van der Waals surface area contributed by atoms with Gasteiger partial charge in [-0.1, -0.05) is 0 Å². The molecule has 2 aliphatic rings. The van der Waals surface area contributed by atoms with Gasteiger partial charge in [0.15, 0.2) is 12.1 Å². The first-order valence-electron chi connectivity index (χ1n) is 5.75. The number of methoxy groups -OCH3 is 1. The van der Waals surface area contributed by atoms with Crippen molar-refractivity contribution in [1.82, 2.24) is 0 Å². The third-order valence-corrected chi connectivity index (χ3v) is 3.01. The number of hydrogen-bond acceptors (Lipinski definition) is 7. The SMILES string of the molecule is CO[C@@H]1[C@H]2OC(C)(C)O[C@H]2O[C@@H]1[C@H](O)COC=O. The van der Waals surface area contributed by atoms with Crippen molar-refractivity contribution in [3.05, 3.63) is 0 Å². The number of aliphatic hydroxyl groups excluding tert-OH is 1. The maximum absolute atomic E-state index is 10.1. The van der Waals surface area contributed by atoms with Crippen LogP contribution >= 0.6 is 0 Å². The highest BCUT2D eigenvalue weighted by molar-refractivity contribution is 5.36. The standard InChI is InChI=1S/C11H18O7/c1-11(2)17-9-8(14-3)7(16-10(9)18-11)6(13)4-15-5-12/h5-10,13H,4H2,1-3H3/t6-,7-,8+,9-,10-/m1/s1. The monoisotopic (exact) mass is 262 g/mol. The number of rotatable bonds is 5. The first-order valence-corrected chi connectivity index (χ1v) is 5.75. The largest absolute Gasteiger partial charge is 0.465 e. The molecule has 2 rings (SSSR count). The minimum absolute atomic E-state index is 0.156. The van der Waals surface area contributed by atoms with Gasteiger partial charge in [0.05, 0.1) is 0 Å². The molecule has 0 spiro atoms. The Bertz CT molecular complexity index is 306. The topological polar surface area (TPSA) is 83.5 Å². The molecule has 0 aromatic heterocycles. The Labute approximate surface area is 105 Å². The zero-order chi connectivity index (χ0) is 13.3. The number of carbonyl (C=O) groups is 1. The van der Waals surface area contributed by atoms with Crippen molar-refractivity contribution in [3.8, 4) is 0 Å². The lowest BCUT2D eigenvalue weighted by Gasteiger charge is -2.27. The van der Waals surface area contributed by atoms with Crippen molar-refractivity contribution in [2.75, 3.05) is 13.7 Å². The summed E-state index contributed by atoms with van der Waals surface area (Å²) in [4.78, 5) is 10.1. The van der Waals surface area contributed by atoms with Gasteiger partial charge in [-0.2, -0.15) is 0 Å². The lowest BCUT2D eigenvalue weighted by atomic mass is 10.1. The summed E-state index contributed by atoms with van der Waals surface area (Å²) in [7, 11) is 1.51. The summed E-state index contributed by atoms with van der Waals surface area (Å²) in [6.45, 7) is 3.68. The van der Waals surface area contributed by atoms with Gasteiger partial charge in [0.2, 0.25) is 0 Å². The minimum Gasteiger partial charge on any atom is -0.465 e. The van der Waals surface area contributed by atoms with Crippen LogP contribution in [-0.2, 0) is 28.5 Å². The molecule has 0 radical (unpaired) electrons. The van der Waals surface area contributed by atoms with Crippen molar-refractivity contribution >= 4 is 6.47 Å². The molecule has 2 saturated heterocycles. The molecule has 0 aromatic carbocycles. The molecule has 1 N–H and O–H groups in total. The van der Waals surface area contributed by atoms with Gasteiger partial charge in [0.1, 0.15) is 31.0 Å². The Morgan fingerprint density at radius 3 is 2.78 bits per heavy atom. The van der Waals surface area contributed by atoms with Crippen molar-refractivity contribution in [1.29, 1.82) is 0 Å². The number of carbonyl (C=O) groups excluding carboxylic acids is 1. The van der Waals surface area contributed by atoms with E-state index >= 15 is 0 Å². The predicted octanol–water partition coefficient (Wildman–Crippen LogP) is -0.588. The van der Waals surface area contributed by atoms with E-state index in [2.05, 4.69) is 4.74 Å². The van der Waals surface area contributed by atoms with Crippen LogP contribution in [0.2, 0.25) is 0 Å². The molecule has 2 aliphatic heterocycles. The molecule has 0 unspecified atom stereocenters. The Kier molecular flexibility index (Phi) is 3.88. The fourth-order valence-corrected chi connectivity index (χ4v) is 2.31. The van der Waals surface area contributed by atoms with Crippen LogP contribution in [0.3, 0.4) is 0 Å². The molecule has 0 amide bonds. The second kappa shape index (κ2) is 5.10. The molecule has 2 fully saturated rings. The summed E-state index contributed by atoms with van der Waals surface area (Å²) in [5, 5.41) is 9.87. The molecule has 5 atom stereocenters. The Morgan fingerprint density at radius 2 is 2.17 bits per heavy atom. The summed E-state index contributed by atoms with van der Waals surface area (Å²) < 4.78 is 26.6. The van der Waals surface area contributed by atoms with E-state index in [-0.39, 0.29) is 13.1 Å². The van der Waals surface area contributed by atoms with Crippen LogP contribution in [0.15, 0.2) is 0 Å². The van der Waals surface area contributed by atoms with Gasteiger partial charge in [-0.15, -0.1) is 0 Å². The van der Waals surface area contributed by atoms with E-state index in [9.17, 15) is 9.90 Å². The maximum Gasteiger partial charge on any atom is 0.293 e. The lowest BCUT2D eigenvalue weighted by Crippen LogP contribution is -2.43. The van der Waals surface area contributed by atoms with Gasteiger partial charge in [0.25, 0.3) is 6.47 Å². The normalized spacial score (nSPS) is 39.3. The first kappa shape index (κ1) is 13.7. The summed E-state index contributed by atoms with van der Waals surface area (Å²) in [5.74, 6) is -0.735. The molecule has 104 valence electrons. The number of hydrogen-bond donors (Lipinski definition) is 1. The quantitative estimate of drug-likeness (QED) is 0.663. The lowest BCUT2D eigenvalue weighted by molar-refractivity contribution is -0.229. The first-order chi connectivity index (χ1) is 8.48. The van der Waals surface area contributed by atoms with Gasteiger partial charge >= 0.3 is 0 Å². The fraction of sp³-hybridized carbons (Fsp3) is 0.909. The van der Waals surface area contributed by atoms with E-state index in [4.69, 9.17) is 18.9 Å². The van der Waals surface area contributed by atoms with Gasteiger partial charge < -0.3 is 28.8 Å². The Balaban J connectivity index is 2.01. The minimum atomic E-state index is -0.985. The van der Waals surface area contributed by atoms with E-state index < -0.39 is 36.5 Å². The number of aliphatic hydroxyl groups is 1. The van der Waals surface area contributed by atoms with Crippen molar-refractivity contribution < 1.29 is 33.6 Å². The smallest absolute Gasteiger partial charge is 0.293 e. The van der Waals surface area contributed by atoms with Gasteiger partial charge in [-0.25, -0.2) is 0 Å². The third kappa shape index (κ3) is 2.50. The molecule has 0 aromatic rings. The second-order valence-electron chi connectivity index (χ2n) is 4.77. The van der Waals surface area contributed by atoms with Crippen LogP contribution in [0, 0.1) is 0 Å². The second-order valence-corrected chi connectivity index (χ2v) is 4.77. The van der Waals surface area contributed by atoms with E-state index in [1.165, 1.54) is 7.11 Å². The molecule has 0 saturated carbocycles. The zero-order valence-corrected chi connectivity index (χ0v) is 10.6. The molecular weight excluding hydrogens is 244 g/mol. The molecule has 7 nitrogen and oxygen atoms in total. The Hall–Kier alpha value is -0.730. The van der Waals surface area contributed by atoms with Gasteiger partial charge in [-0.3, -0.25) is 4.79 Å². The average Bonchev–Trinajstić information content (AvgIpc) is 2.77. The van der Waals surface area contributed by atoms with Crippen LogP contribution in [0.1, 0.15) is 13.8 Å². The van der Waals surface area contributed by atoms with Crippen molar-refractivity contribution in [2.45, 2.75) is 50.3 Å². The highest BCUT2D eigenvalue weighted by Crippen LogP contribution is 2.39. The molecule has 2 heterocycles. The van der Waals surface area contributed by atoms with Crippen LogP contribution in [-0.4, -0.2) is 61.8 Å². The van der Waals surface area contributed by atoms with Crippen LogP contribution in [0.25, 0.3) is 0 Å². The summed E-state index contributed by atoms with van der Waals surface area (Å²) >= 11 is 0. The molecule has 0 bridgehead atoms. The molecular formula is C11H18O7. The zero-order valence-electron chi connectivity index (χ0n) is 10.6. The van der Waals surface area contributed by atoms with Crippen molar-refractivity contribution in [2.24, 2.45) is 0 Å². The Morgan fingerprint density at radius 1 is 1.44 bits per heavy atom. The van der Waals surface area contributed by atoms with E-state index in [1.807, 2.05) is 0 Å². The molecule has 0 aliphatic carbocycles. The van der Waals surface area contributed by atoms with Crippen molar-refractivity contribution in [3.63, 3.8) is 0 Å². The molecule has 7 heteroatoms. The summed E-state index contributed by atoms with van der Waals surface area (Å²) in [6.07, 6.45) is -3.09. The van der Waals surface area contributed by atoms with E-state index in [1.54, 1.807) is 13.8 Å². The third-order valence-electron chi connectivity index (χ3n) is 3.01. The van der Waals surface area contributed by atoms with Crippen LogP contribution < -0.4 is 0 Å². The number of ether oxygens (including phenoxy) is 5. The van der Waals surface area contributed by atoms with Crippen LogP contribution in [0.4, 0.5) is 0 Å². The predicted molar refractivity (Wildman–Crippen MR) is 57.5 cm³/mol. The summed E-state index contributed by atoms with van der Waals surface area (Å²) in [6, 6.07) is 0. The highest BCUT2D eigenvalue weighted by Gasteiger charge is 2.56. The summed E-state index contributed by atoms with van der Waals surface area (Å²) in [5.41, 5.74) is 0. The van der Waals surface area contributed by atoms with Gasteiger partial charge in [0, 0.05) is 7.11 Å². The molecule has 18 heavy (non-hydrogen) atoms. The fourth-order valence-electron chi connectivity index (χ4n) is 2.31. The van der Waals surface area contributed by atoms with Crippen LogP contribution in [0.5, 0.6) is 0 Å². The highest BCUT2D eigenvalue weighted by atomic mass is 16.8. The maximum atomic E-state index is 10.1.